The van der Waals surface area contributed by atoms with Crippen molar-refractivity contribution in [1.29, 1.82) is 0 Å². The molecule has 3 heteroatoms. The van der Waals surface area contributed by atoms with Gasteiger partial charge < -0.3 is 4.74 Å². The Hall–Kier alpha value is -0.570. The third-order valence-corrected chi connectivity index (χ3v) is 4.24. The van der Waals surface area contributed by atoms with E-state index in [2.05, 4.69) is 44.0 Å². The molecule has 1 saturated heterocycles. The van der Waals surface area contributed by atoms with Crippen LogP contribution in [-0.2, 0) is 4.74 Å². The fraction of sp³-hybridized carbons (Fsp3) is 0.933. The molecule has 18 heavy (non-hydrogen) atoms. The molecule has 0 radical (unpaired) electrons. The first-order valence-corrected chi connectivity index (χ1v) is 7.43. The minimum atomic E-state index is -0.0222. The van der Waals surface area contributed by atoms with Crippen LogP contribution in [0.25, 0.3) is 0 Å². The highest BCUT2D eigenvalue weighted by Gasteiger charge is 2.41. The normalized spacial score (nSPS) is 21.4. The van der Waals surface area contributed by atoms with Crippen LogP contribution in [0.4, 0.5) is 0 Å². The second-order valence-electron chi connectivity index (χ2n) is 5.72. The Bertz CT molecular complexity index is 251. The molecule has 1 atom stereocenters. The van der Waals surface area contributed by atoms with Gasteiger partial charge in [-0.25, -0.2) is 0 Å². The molecule has 0 saturated carbocycles. The predicted octanol–water partition coefficient (Wildman–Crippen LogP) is 3.69. The number of rotatable bonds is 7. The molecule has 1 aliphatic rings. The average Bonchev–Trinajstić information content (AvgIpc) is 2.81. The maximum absolute atomic E-state index is 5.86. The van der Waals surface area contributed by atoms with Crippen LogP contribution in [0.1, 0.15) is 59.8 Å². The molecule has 1 heterocycles. The Morgan fingerprint density at radius 2 is 2.06 bits per heavy atom. The van der Waals surface area contributed by atoms with Crippen LogP contribution in [0.3, 0.4) is 0 Å². The van der Waals surface area contributed by atoms with Crippen LogP contribution in [0.15, 0.2) is 5.10 Å². The van der Waals surface area contributed by atoms with Crippen molar-refractivity contribution in [3.63, 3.8) is 0 Å². The molecule has 3 nitrogen and oxygen atoms in total. The van der Waals surface area contributed by atoms with Gasteiger partial charge >= 0.3 is 0 Å². The maximum atomic E-state index is 5.86. The highest BCUT2D eigenvalue weighted by Crippen LogP contribution is 2.34. The molecule has 0 aliphatic carbocycles. The molecule has 0 amide bonds. The second kappa shape index (κ2) is 7.13. The van der Waals surface area contributed by atoms with E-state index in [0.717, 1.165) is 25.8 Å². The van der Waals surface area contributed by atoms with Gasteiger partial charge in [0.1, 0.15) is 0 Å². The first-order valence-electron chi connectivity index (χ1n) is 7.43. The molecule has 0 aromatic rings. The van der Waals surface area contributed by atoms with E-state index >= 15 is 0 Å². The van der Waals surface area contributed by atoms with E-state index in [1.807, 2.05) is 7.11 Å². The summed E-state index contributed by atoms with van der Waals surface area (Å²) in [5, 5.41) is 6.95. The molecular formula is C15H30N2O. The predicted molar refractivity (Wildman–Crippen MR) is 78.0 cm³/mol. The van der Waals surface area contributed by atoms with Crippen molar-refractivity contribution in [2.45, 2.75) is 71.4 Å². The molecule has 0 aromatic carbocycles. The van der Waals surface area contributed by atoms with Crippen molar-refractivity contribution in [3.05, 3.63) is 0 Å². The number of nitrogens with zero attached hydrogens (tertiary/aromatic N) is 2. The number of ether oxygens (including phenoxy) is 1. The fourth-order valence-electron chi connectivity index (χ4n) is 2.93. The van der Waals surface area contributed by atoms with Gasteiger partial charge in [-0.15, -0.1) is 0 Å². The van der Waals surface area contributed by atoms with Gasteiger partial charge in [-0.2, -0.15) is 5.10 Å². The number of methoxy groups -OCH3 is 1. The SMILES string of the molecule is CCC(CC)(OC)[C@@H]1CCCN1/N=C/CC(C)C. The minimum absolute atomic E-state index is 0.0222. The van der Waals surface area contributed by atoms with Gasteiger partial charge in [-0.3, -0.25) is 5.01 Å². The largest absolute Gasteiger partial charge is 0.376 e. The quantitative estimate of drug-likeness (QED) is 0.647. The molecule has 0 N–H and O–H groups in total. The summed E-state index contributed by atoms with van der Waals surface area (Å²) in [6, 6.07) is 0.445. The highest BCUT2D eigenvalue weighted by molar-refractivity contribution is 5.57. The molecular weight excluding hydrogens is 224 g/mol. The minimum Gasteiger partial charge on any atom is -0.376 e. The van der Waals surface area contributed by atoms with Gasteiger partial charge in [-0.05, 0) is 38.0 Å². The molecule has 1 fully saturated rings. The monoisotopic (exact) mass is 254 g/mol. The smallest absolute Gasteiger partial charge is 0.0892 e. The van der Waals surface area contributed by atoms with Gasteiger partial charge in [0.2, 0.25) is 0 Å². The topological polar surface area (TPSA) is 24.8 Å². The Labute approximate surface area is 113 Å². The van der Waals surface area contributed by atoms with Crippen LogP contribution >= 0.6 is 0 Å². The van der Waals surface area contributed by atoms with Crippen LogP contribution in [0, 0.1) is 5.92 Å². The van der Waals surface area contributed by atoms with Crippen LogP contribution in [0.2, 0.25) is 0 Å². The summed E-state index contributed by atoms with van der Waals surface area (Å²) in [6.45, 7) is 9.98. The first-order chi connectivity index (χ1) is 8.59. The third kappa shape index (κ3) is 3.47. The van der Waals surface area contributed by atoms with E-state index in [1.165, 1.54) is 12.8 Å². The van der Waals surface area contributed by atoms with Crippen molar-refractivity contribution in [2.75, 3.05) is 13.7 Å². The van der Waals surface area contributed by atoms with E-state index in [9.17, 15) is 0 Å². The fourth-order valence-corrected chi connectivity index (χ4v) is 2.93. The second-order valence-corrected chi connectivity index (χ2v) is 5.72. The Balaban J connectivity index is 2.71. The molecule has 1 aliphatic heterocycles. The Kier molecular flexibility index (Phi) is 6.13. The molecule has 0 bridgehead atoms. The Morgan fingerprint density at radius 3 is 2.56 bits per heavy atom. The van der Waals surface area contributed by atoms with Crippen molar-refractivity contribution in [3.8, 4) is 0 Å². The summed E-state index contributed by atoms with van der Waals surface area (Å²) in [7, 11) is 1.85. The molecule has 0 spiro atoms. The number of hydrogen-bond acceptors (Lipinski definition) is 3. The molecule has 0 aromatic heterocycles. The summed E-state index contributed by atoms with van der Waals surface area (Å²) in [4.78, 5) is 0. The molecule has 106 valence electrons. The zero-order valence-corrected chi connectivity index (χ0v) is 12.8. The van der Waals surface area contributed by atoms with Crippen molar-refractivity contribution in [2.24, 2.45) is 11.0 Å². The van der Waals surface area contributed by atoms with E-state index < -0.39 is 0 Å². The van der Waals surface area contributed by atoms with Gasteiger partial charge in [-0.1, -0.05) is 27.7 Å². The van der Waals surface area contributed by atoms with E-state index in [1.54, 1.807) is 0 Å². The van der Waals surface area contributed by atoms with Crippen LogP contribution in [-0.4, -0.2) is 36.5 Å². The lowest BCUT2D eigenvalue weighted by molar-refractivity contribution is -0.0731. The Morgan fingerprint density at radius 1 is 1.39 bits per heavy atom. The van der Waals surface area contributed by atoms with Gasteiger partial charge in [0.05, 0.1) is 11.6 Å². The maximum Gasteiger partial charge on any atom is 0.0892 e. The van der Waals surface area contributed by atoms with Crippen molar-refractivity contribution < 1.29 is 4.74 Å². The van der Waals surface area contributed by atoms with Crippen molar-refractivity contribution in [1.82, 2.24) is 5.01 Å². The summed E-state index contributed by atoms with van der Waals surface area (Å²) < 4.78 is 5.86. The van der Waals surface area contributed by atoms with Gasteiger partial charge in [0.15, 0.2) is 0 Å². The summed E-state index contributed by atoms with van der Waals surface area (Å²) in [5.74, 6) is 0.680. The summed E-state index contributed by atoms with van der Waals surface area (Å²) in [6.07, 6.45) is 7.68. The third-order valence-electron chi connectivity index (χ3n) is 4.24. The van der Waals surface area contributed by atoms with Gasteiger partial charge in [0.25, 0.3) is 0 Å². The average molecular weight is 254 g/mol. The molecule has 1 rings (SSSR count). The number of hydrogen-bond donors (Lipinski definition) is 0. The number of hydrazone groups is 1. The van der Waals surface area contributed by atoms with E-state index in [4.69, 9.17) is 4.74 Å². The van der Waals surface area contributed by atoms with E-state index in [-0.39, 0.29) is 5.60 Å². The zero-order valence-electron chi connectivity index (χ0n) is 12.8. The summed E-state index contributed by atoms with van der Waals surface area (Å²) in [5.41, 5.74) is -0.0222. The van der Waals surface area contributed by atoms with Gasteiger partial charge in [0, 0.05) is 19.9 Å². The van der Waals surface area contributed by atoms with Crippen molar-refractivity contribution >= 4 is 6.21 Å². The lowest BCUT2D eigenvalue weighted by atomic mass is 9.87. The molecule has 0 unspecified atom stereocenters. The zero-order chi connectivity index (χ0) is 13.6. The highest BCUT2D eigenvalue weighted by atomic mass is 16.5. The van der Waals surface area contributed by atoms with E-state index in [0.29, 0.717) is 12.0 Å². The summed E-state index contributed by atoms with van der Waals surface area (Å²) >= 11 is 0. The lowest BCUT2D eigenvalue weighted by Gasteiger charge is -2.40. The lowest BCUT2D eigenvalue weighted by Crippen LogP contribution is -2.48. The first kappa shape index (κ1) is 15.5. The van der Waals surface area contributed by atoms with Crippen LogP contribution < -0.4 is 0 Å². The van der Waals surface area contributed by atoms with Crippen LogP contribution in [0.5, 0.6) is 0 Å². The standard InChI is InChI=1S/C15H30N2O/c1-6-15(7-2,18-5)14-9-8-12-17(14)16-11-10-13(3)4/h11,13-14H,6-10,12H2,1-5H3/b16-11+/t14-/m0/s1.